The van der Waals surface area contributed by atoms with E-state index in [1.165, 1.54) is 0 Å². The summed E-state index contributed by atoms with van der Waals surface area (Å²) in [7, 11) is 0. The summed E-state index contributed by atoms with van der Waals surface area (Å²) in [5, 5.41) is 0. The van der Waals surface area contributed by atoms with Crippen molar-refractivity contribution in [1.29, 1.82) is 0 Å². The van der Waals surface area contributed by atoms with Crippen LogP contribution in [0.1, 0.15) is 0 Å². The van der Waals surface area contributed by atoms with Gasteiger partial charge in [-0.2, -0.15) is 0 Å². The highest BCUT2D eigenvalue weighted by molar-refractivity contribution is 14.2. The van der Waals surface area contributed by atoms with Crippen LogP contribution >= 0.6 is 90.4 Å². The van der Waals surface area contributed by atoms with E-state index in [9.17, 15) is 0 Å². The van der Waals surface area contributed by atoms with Gasteiger partial charge in [0.1, 0.15) is 0 Å². The predicted molar refractivity (Wildman–Crippen MR) is 74.5 cm³/mol. The fraction of sp³-hybridized carbons (Fsp3) is 1.00. The van der Waals surface area contributed by atoms with Gasteiger partial charge in [-0.25, -0.2) is 0 Å². The molecule has 0 amide bonds. The highest BCUT2D eigenvalue weighted by Crippen LogP contribution is 2.13. The Morgan fingerprint density at radius 1 is 0.889 bits per heavy atom. The zero-order chi connectivity index (χ0) is 7.28. The van der Waals surface area contributed by atoms with Crippen LogP contribution in [0.5, 0.6) is 0 Å². The largest absolute Gasteiger partial charge is 0.378 e. The van der Waals surface area contributed by atoms with Gasteiger partial charge in [0.25, 0.3) is 0 Å². The van der Waals surface area contributed by atoms with E-state index in [0.29, 0.717) is 3.86 Å². The van der Waals surface area contributed by atoms with E-state index in [1.54, 1.807) is 0 Å². The number of ether oxygens (including phenoxy) is 1. The first kappa shape index (κ1) is 11.9. The number of alkyl halides is 4. The molecule has 56 valence electrons. The summed E-state index contributed by atoms with van der Waals surface area (Å²) in [6.45, 7) is 1.73. The van der Waals surface area contributed by atoms with Gasteiger partial charge in [0.15, 0.2) is 0 Å². The Morgan fingerprint density at radius 3 is 1.44 bits per heavy atom. The molecule has 0 atom stereocenters. The summed E-state index contributed by atoms with van der Waals surface area (Å²) in [6, 6.07) is 0. The number of hydrogen-bond acceptors (Lipinski definition) is 1. The highest BCUT2D eigenvalue weighted by atomic mass is 127. The Balaban J connectivity index is 2.91. The molecule has 9 heavy (non-hydrogen) atoms. The minimum Gasteiger partial charge on any atom is -0.378 e. The second-order valence-electron chi connectivity index (χ2n) is 1.32. The lowest BCUT2D eigenvalue weighted by molar-refractivity contribution is 0.166. The van der Waals surface area contributed by atoms with E-state index in [-0.39, 0.29) is 0 Å². The van der Waals surface area contributed by atoms with Crippen LogP contribution in [0.3, 0.4) is 0 Å². The Bertz CT molecular complexity index is 57.6. The quantitative estimate of drug-likeness (QED) is 0.368. The minimum absolute atomic E-state index is 0.603. The molecular formula is C4H6I4O. The number of rotatable bonds is 4. The van der Waals surface area contributed by atoms with Crippen molar-refractivity contribution in [2.75, 3.05) is 13.2 Å². The average Bonchev–Trinajstić information content (AvgIpc) is 1.63. The highest BCUT2D eigenvalue weighted by Gasteiger charge is 1.99. The average molecular weight is 578 g/mol. The first-order valence-corrected chi connectivity index (χ1v) is 7.25. The molecule has 0 aromatic heterocycles. The molecule has 0 saturated carbocycles. The van der Waals surface area contributed by atoms with Gasteiger partial charge >= 0.3 is 0 Å². The Kier molecular flexibility index (Phi) is 9.93. The molecule has 0 rings (SSSR count). The van der Waals surface area contributed by atoms with Gasteiger partial charge in [-0.15, -0.1) is 0 Å². The van der Waals surface area contributed by atoms with Gasteiger partial charge in [0.05, 0.1) is 17.1 Å². The zero-order valence-corrected chi connectivity index (χ0v) is 13.1. The summed E-state index contributed by atoms with van der Waals surface area (Å²) in [5.41, 5.74) is 0. The molecule has 0 bridgehead atoms. The van der Waals surface area contributed by atoms with Crippen molar-refractivity contribution in [3.63, 3.8) is 0 Å². The van der Waals surface area contributed by atoms with Crippen molar-refractivity contribution >= 4 is 90.4 Å². The molecule has 5 heteroatoms. The predicted octanol–water partition coefficient (Wildman–Crippen LogP) is 3.40. The van der Waals surface area contributed by atoms with Crippen LogP contribution in [0.2, 0.25) is 0 Å². The maximum absolute atomic E-state index is 5.33. The molecule has 0 fully saturated rings. The van der Waals surface area contributed by atoms with E-state index in [0.717, 1.165) is 13.2 Å². The SMILES string of the molecule is IC(I)COCC(I)I. The molecule has 0 aromatic rings. The summed E-state index contributed by atoms with van der Waals surface area (Å²) < 4.78 is 6.53. The van der Waals surface area contributed by atoms with E-state index in [4.69, 9.17) is 4.74 Å². The fourth-order valence-electron chi connectivity index (χ4n) is 0.246. The van der Waals surface area contributed by atoms with Gasteiger partial charge in [0, 0.05) is 0 Å². The first-order chi connectivity index (χ1) is 4.13. The topological polar surface area (TPSA) is 9.23 Å². The Hall–Kier alpha value is 2.88. The van der Waals surface area contributed by atoms with Gasteiger partial charge in [-0.05, 0) is 0 Å². The lowest BCUT2D eigenvalue weighted by Crippen LogP contribution is -2.06. The smallest absolute Gasteiger partial charge is 0.0859 e. The second-order valence-corrected chi connectivity index (χ2v) is 12.1. The Labute approximate surface area is 110 Å². The maximum atomic E-state index is 5.33. The van der Waals surface area contributed by atoms with Gasteiger partial charge in [-0.1, -0.05) is 90.4 Å². The van der Waals surface area contributed by atoms with Crippen LogP contribution in [0.4, 0.5) is 0 Å². The van der Waals surface area contributed by atoms with E-state index in [2.05, 4.69) is 90.4 Å². The molecule has 0 N–H and O–H groups in total. The molecule has 0 saturated heterocycles. The maximum Gasteiger partial charge on any atom is 0.0859 e. The van der Waals surface area contributed by atoms with Crippen LogP contribution in [-0.2, 0) is 4.74 Å². The van der Waals surface area contributed by atoms with Crippen molar-refractivity contribution in [3.05, 3.63) is 0 Å². The molecule has 0 radical (unpaired) electrons. The summed E-state index contributed by atoms with van der Waals surface area (Å²) in [5.74, 6) is 0. The molecule has 0 aliphatic heterocycles. The van der Waals surface area contributed by atoms with E-state index >= 15 is 0 Å². The van der Waals surface area contributed by atoms with E-state index in [1.807, 2.05) is 0 Å². The third-order valence-corrected chi connectivity index (χ3v) is 1.93. The zero-order valence-electron chi connectivity index (χ0n) is 4.49. The molecular weight excluding hydrogens is 572 g/mol. The van der Waals surface area contributed by atoms with Crippen LogP contribution in [-0.4, -0.2) is 17.1 Å². The van der Waals surface area contributed by atoms with Crippen LogP contribution in [0, 0.1) is 0 Å². The molecule has 0 heterocycles. The summed E-state index contributed by atoms with van der Waals surface area (Å²) >= 11 is 9.38. The third kappa shape index (κ3) is 10.9. The lowest BCUT2D eigenvalue weighted by Gasteiger charge is -2.04. The normalized spacial score (nSPS) is 11.3. The van der Waals surface area contributed by atoms with Crippen molar-refractivity contribution in [2.45, 2.75) is 3.86 Å². The van der Waals surface area contributed by atoms with Crippen LogP contribution in [0.15, 0.2) is 0 Å². The second kappa shape index (κ2) is 7.53. The Morgan fingerprint density at radius 2 is 1.22 bits per heavy atom. The fourth-order valence-corrected chi connectivity index (χ4v) is 1.26. The third-order valence-electron chi connectivity index (χ3n) is 0.488. The lowest BCUT2D eigenvalue weighted by atomic mass is 10.8. The van der Waals surface area contributed by atoms with Crippen LogP contribution < -0.4 is 0 Å². The van der Waals surface area contributed by atoms with Crippen molar-refractivity contribution in [1.82, 2.24) is 0 Å². The van der Waals surface area contributed by atoms with Gasteiger partial charge in [-0.3, -0.25) is 0 Å². The molecule has 0 unspecified atom stereocenters. The first-order valence-electron chi connectivity index (χ1n) is 2.27. The molecule has 0 aliphatic rings. The molecule has 1 nitrogen and oxygen atoms in total. The standard InChI is InChI=1S/C4H6I4O/c5-3(6)1-9-2-4(7)8/h3-4H,1-2H2. The van der Waals surface area contributed by atoms with Gasteiger partial charge in [0.2, 0.25) is 0 Å². The van der Waals surface area contributed by atoms with E-state index < -0.39 is 0 Å². The minimum atomic E-state index is 0.603. The van der Waals surface area contributed by atoms with Crippen LogP contribution in [0.25, 0.3) is 0 Å². The van der Waals surface area contributed by atoms with Crippen molar-refractivity contribution < 1.29 is 4.74 Å². The summed E-state index contributed by atoms with van der Waals surface area (Å²) in [6.07, 6.45) is 0. The monoisotopic (exact) mass is 578 g/mol. The number of hydrogen-bond donors (Lipinski definition) is 0. The molecule has 0 aromatic carbocycles. The van der Waals surface area contributed by atoms with Gasteiger partial charge < -0.3 is 4.74 Å². The summed E-state index contributed by atoms with van der Waals surface area (Å²) in [4.78, 5) is 0. The molecule has 0 spiro atoms. The number of halogens is 4. The van der Waals surface area contributed by atoms with Crippen molar-refractivity contribution in [2.24, 2.45) is 0 Å². The molecule has 0 aliphatic carbocycles. The van der Waals surface area contributed by atoms with Crippen molar-refractivity contribution in [3.8, 4) is 0 Å².